The number of aliphatic hydroxyl groups is 1. The van der Waals surface area contributed by atoms with E-state index in [1.165, 1.54) is 18.7 Å². The third-order valence-electron chi connectivity index (χ3n) is 3.04. The fourth-order valence-corrected chi connectivity index (χ4v) is 2.42. The quantitative estimate of drug-likeness (QED) is 0.767. The van der Waals surface area contributed by atoms with Crippen molar-refractivity contribution in [1.29, 1.82) is 0 Å². The van der Waals surface area contributed by atoms with E-state index in [-0.39, 0.29) is 29.6 Å². The fraction of sp³-hybridized carbons (Fsp3) is 0.538. The van der Waals surface area contributed by atoms with Crippen LogP contribution in [-0.2, 0) is 7.05 Å². The first kappa shape index (κ1) is 15.8. The highest BCUT2D eigenvalue weighted by Crippen LogP contribution is 2.12. The summed E-state index contributed by atoms with van der Waals surface area (Å²) in [5, 5.41) is 12.0. The Morgan fingerprint density at radius 2 is 2.16 bits per heavy atom. The van der Waals surface area contributed by atoms with E-state index in [0.717, 1.165) is 0 Å². The molecule has 0 spiro atoms. The van der Waals surface area contributed by atoms with Gasteiger partial charge in [-0.1, -0.05) is 0 Å². The molecule has 1 rings (SSSR count). The van der Waals surface area contributed by atoms with Crippen molar-refractivity contribution < 1.29 is 14.7 Å². The van der Waals surface area contributed by atoms with Crippen molar-refractivity contribution >= 4 is 23.5 Å². The Kier molecular flexibility index (Phi) is 5.62. The van der Waals surface area contributed by atoms with Crippen LogP contribution in [0.2, 0.25) is 0 Å². The van der Waals surface area contributed by atoms with Crippen molar-refractivity contribution in [2.24, 2.45) is 7.05 Å². The van der Waals surface area contributed by atoms with Crippen LogP contribution < -0.4 is 5.32 Å². The molecule has 2 unspecified atom stereocenters. The standard InChI is InChI=1S/C13H20N2O3S/c1-8(12(7-16)19-4)14-13(18)11-5-10(9(2)17)6-15(11)3/h5-6,8,12,16H,7H2,1-4H3,(H,14,18). The minimum Gasteiger partial charge on any atom is -0.395 e. The summed E-state index contributed by atoms with van der Waals surface area (Å²) in [6, 6.07) is 1.43. The lowest BCUT2D eigenvalue weighted by Gasteiger charge is -2.21. The van der Waals surface area contributed by atoms with E-state index in [2.05, 4.69) is 5.32 Å². The molecular weight excluding hydrogens is 264 g/mol. The number of amides is 1. The van der Waals surface area contributed by atoms with Crippen LogP contribution in [0.25, 0.3) is 0 Å². The normalized spacial score (nSPS) is 13.9. The van der Waals surface area contributed by atoms with Crippen LogP contribution in [0.15, 0.2) is 12.3 Å². The van der Waals surface area contributed by atoms with Gasteiger partial charge in [0.05, 0.1) is 6.61 Å². The summed E-state index contributed by atoms with van der Waals surface area (Å²) in [4.78, 5) is 23.4. The first-order valence-corrected chi connectivity index (χ1v) is 7.31. The first-order valence-electron chi connectivity index (χ1n) is 6.02. The molecule has 1 aromatic heterocycles. The summed E-state index contributed by atoms with van der Waals surface area (Å²) in [6.45, 7) is 3.33. The van der Waals surface area contributed by atoms with Gasteiger partial charge in [-0.3, -0.25) is 9.59 Å². The van der Waals surface area contributed by atoms with Crippen molar-refractivity contribution in [2.75, 3.05) is 12.9 Å². The number of rotatable bonds is 6. The molecule has 0 aliphatic carbocycles. The van der Waals surface area contributed by atoms with Crippen LogP contribution >= 0.6 is 11.8 Å². The lowest BCUT2D eigenvalue weighted by atomic mass is 10.2. The Bertz CT molecular complexity index is 466. The molecule has 0 saturated heterocycles. The predicted molar refractivity (Wildman–Crippen MR) is 76.7 cm³/mol. The van der Waals surface area contributed by atoms with E-state index < -0.39 is 0 Å². The molecule has 0 aliphatic rings. The van der Waals surface area contributed by atoms with Gasteiger partial charge in [0, 0.05) is 30.1 Å². The zero-order chi connectivity index (χ0) is 14.6. The van der Waals surface area contributed by atoms with Crippen LogP contribution in [0.3, 0.4) is 0 Å². The summed E-state index contributed by atoms with van der Waals surface area (Å²) in [7, 11) is 1.73. The number of aryl methyl sites for hydroxylation is 1. The van der Waals surface area contributed by atoms with Gasteiger partial charge in [0.1, 0.15) is 5.69 Å². The molecule has 1 aromatic rings. The summed E-state index contributed by atoms with van der Waals surface area (Å²) in [5.41, 5.74) is 0.957. The number of Topliss-reactive ketones (excluding diaryl/α,β-unsaturated/α-hetero) is 1. The number of carbonyl (C=O) groups is 2. The second-order valence-corrected chi connectivity index (χ2v) is 5.58. The Labute approximate surface area is 117 Å². The van der Waals surface area contributed by atoms with Crippen molar-refractivity contribution in [3.63, 3.8) is 0 Å². The molecule has 106 valence electrons. The van der Waals surface area contributed by atoms with E-state index in [9.17, 15) is 14.7 Å². The van der Waals surface area contributed by atoms with Crippen molar-refractivity contribution in [2.45, 2.75) is 25.1 Å². The van der Waals surface area contributed by atoms with Gasteiger partial charge in [-0.05, 0) is 26.2 Å². The molecule has 0 aromatic carbocycles. The first-order chi connectivity index (χ1) is 8.90. The van der Waals surface area contributed by atoms with E-state index in [1.54, 1.807) is 23.9 Å². The lowest BCUT2D eigenvalue weighted by Crippen LogP contribution is -2.41. The fourth-order valence-electron chi connectivity index (χ4n) is 1.79. The number of hydrogen-bond donors (Lipinski definition) is 2. The maximum absolute atomic E-state index is 12.1. The molecule has 0 fully saturated rings. The van der Waals surface area contributed by atoms with Gasteiger partial charge >= 0.3 is 0 Å². The van der Waals surface area contributed by atoms with Gasteiger partial charge in [-0.15, -0.1) is 0 Å². The number of thioether (sulfide) groups is 1. The van der Waals surface area contributed by atoms with Crippen LogP contribution in [-0.4, -0.2) is 45.5 Å². The summed E-state index contributed by atoms with van der Waals surface area (Å²) in [6.07, 6.45) is 3.53. The smallest absolute Gasteiger partial charge is 0.268 e. The van der Waals surface area contributed by atoms with Gasteiger partial charge in [0.15, 0.2) is 5.78 Å². The van der Waals surface area contributed by atoms with Crippen LogP contribution in [0.1, 0.15) is 34.7 Å². The summed E-state index contributed by atoms with van der Waals surface area (Å²) < 4.78 is 1.63. The highest BCUT2D eigenvalue weighted by molar-refractivity contribution is 7.99. The monoisotopic (exact) mass is 284 g/mol. The zero-order valence-electron chi connectivity index (χ0n) is 11.6. The Morgan fingerprint density at radius 1 is 1.53 bits per heavy atom. The highest BCUT2D eigenvalue weighted by atomic mass is 32.2. The molecule has 5 nitrogen and oxygen atoms in total. The molecular formula is C13H20N2O3S. The largest absolute Gasteiger partial charge is 0.395 e. The Hall–Kier alpha value is -1.27. The molecule has 2 N–H and O–H groups in total. The highest BCUT2D eigenvalue weighted by Gasteiger charge is 2.20. The van der Waals surface area contributed by atoms with Gasteiger partial charge in [-0.25, -0.2) is 0 Å². The van der Waals surface area contributed by atoms with Crippen molar-refractivity contribution in [3.8, 4) is 0 Å². The maximum Gasteiger partial charge on any atom is 0.268 e. The molecule has 0 radical (unpaired) electrons. The number of ketones is 1. The number of nitrogens with one attached hydrogen (secondary N) is 1. The van der Waals surface area contributed by atoms with E-state index in [1.807, 2.05) is 13.2 Å². The topological polar surface area (TPSA) is 71.3 Å². The molecule has 6 heteroatoms. The van der Waals surface area contributed by atoms with Crippen molar-refractivity contribution in [1.82, 2.24) is 9.88 Å². The van der Waals surface area contributed by atoms with Gasteiger partial charge < -0.3 is 15.0 Å². The molecule has 0 saturated carbocycles. The molecule has 1 amide bonds. The third kappa shape index (κ3) is 3.84. The zero-order valence-corrected chi connectivity index (χ0v) is 12.5. The Balaban J connectivity index is 2.81. The number of hydrogen-bond acceptors (Lipinski definition) is 4. The number of aromatic nitrogens is 1. The van der Waals surface area contributed by atoms with Crippen molar-refractivity contribution in [3.05, 3.63) is 23.5 Å². The van der Waals surface area contributed by atoms with Gasteiger partial charge in [0.25, 0.3) is 5.91 Å². The third-order valence-corrected chi connectivity index (χ3v) is 4.21. The minimum atomic E-state index is -0.241. The van der Waals surface area contributed by atoms with E-state index in [0.29, 0.717) is 11.3 Å². The second-order valence-electron chi connectivity index (χ2n) is 4.50. The number of carbonyl (C=O) groups excluding carboxylic acids is 2. The second kappa shape index (κ2) is 6.77. The number of nitrogens with zero attached hydrogens (tertiary/aromatic N) is 1. The van der Waals surface area contributed by atoms with Crippen LogP contribution in [0, 0.1) is 0 Å². The van der Waals surface area contributed by atoms with Crippen LogP contribution in [0.4, 0.5) is 0 Å². The minimum absolute atomic E-state index is 0.00838. The average molecular weight is 284 g/mol. The van der Waals surface area contributed by atoms with E-state index in [4.69, 9.17) is 0 Å². The molecule has 1 heterocycles. The molecule has 0 aliphatic heterocycles. The lowest BCUT2D eigenvalue weighted by molar-refractivity contribution is 0.0927. The SMILES string of the molecule is CSC(CO)C(C)NC(=O)c1cc(C(C)=O)cn1C. The van der Waals surface area contributed by atoms with Gasteiger partial charge in [-0.2, -0.15) is 11.8 Å². The maximum atomic E-state index is 12.1. The average Bonchev–Trinajstić information content (AvgIpc) is 2.73. The summed E-state index contributed by atoms with van der Waals surface area (Å²) in [5.74, 6) is -0.310. The molecule has 19 heavy (non-hydrogen) atoms. The molecule has 2 atom stereocenters. The van der Waals surface area contributed by atoms with Crippen LogP contribution in [0.5, 0.6) is 0 Å². The van der Waals surface area contributed by atoms with E-state index >= 15 is 0 Å². The van der Waals surface area contributed by atoms with Gasteiger partial charge in [0.2, 0.25) is 0 Å². The predicted octanol–water partition coefficient (Wildman–Crippen LogP) is 1.07. The molecule has 0 bridgehead atoms. The Morgan fingerprint density at radius 3 is 2.58 bits per heavy atom. The summed E-state index contributed by atoms with van der Waals surface area (Å²) >= 11 is 1.50. The number of aliphatic hydroxyl groups excluding tert-OH is 1.